The minimum Gasteiger partial charge on any atom is -0.465 e. The van der Waals surface area contributed by atoms with Gasteiger partial charge in [-0.2, -0.15) is 5.10 Å². The number of ether oxygens (including phenoxy) is 1. The summed E-state index contributed by atoms with van der Waals surface area (Å²) in [7, 11) is 3.51. The molecule has 20 heavy (non-hydrogen) atoms. The molecule has 0 amide bonds. The van der Waals surface area contributed by atoms with Crippen LogP contribution in [0.3, 0.4) is 0 Å². The molecule has 0 saturated carbocycles. The molecule has 1 fully saturated rings. The van der Waals surface area contributed by atoms with Crippen LogP contribution in [-0.4, -0.2) is 52.7 Å². The second kappa shape index (κ2) is 5.20. The van der Waals surface area contributed by atoms with Crippen molar-refractivity contribution in [2.45, 2.75) is 12.8 Å². The zero-order valence-corrected chi connectivity index (χ0v) is 11.7. The number of esters is 1. The Balaban J connectivity index is 1.81. The Hall–Kier alpha value is -1.95. The molecule has 3 heterocycles. The molecule has 6 heteroatoms. The van der Waals surface area contributed by atoms with Crippen LogP contribution < -0.4 is 0 Å². The monoisotopic (exact) mass is 274 g/mol. The molecule has 0 radical (unpaired) electrons. The van der Waals surface area contributed by atoms with Gasteiger partial charge < -0.3 is 9.64 Å². The Morgan fingerprint density at radius 1 is 1.55 bits per heavy atom. The summed E-state index contributed by atoms with van der Waals surface area (Å²) in [4.78, 5) is 18.3. The Kier molecular flexibility index (Phi) is 3.40. The van der Waals surface area contributed by atoms with Crippen molar-refractivity contribution >= 4 is 11.6 Å². The SMILES string of the molecule is COC(=O)c1ccn2nc(CC3CCN(C)C3)nc2c1. The number of pyridine rings is 1. The predicted octanol–water partition coefficient (Wildman–Crippen LogP) is 1.01. The van der Waals surface area contributed by atoms with Crippen molar-refractivity contribution in [1.29, 1.82) is 0 Å². The number of aromatic nitrogens is 3. The summed E-state index contributed by atoms with van der Waals surface area (Å²) in [6.45, 7) is 2.24. The number of carbonyl (C=O) groups excluding carboxylic acids is 1. The molecule has 0 aliphatic carbocycles. The lowest BCUT2D eigenvalue weighted by Gasteiger charge is -2.07. The quantitative estimate of drug-likeness (QED) is 0.782. The Morgan fingerprint density at radius 2 is 2.40 bits per heavy atom. The number of hydrogen-bond donors (Lipinski definition) is 0. The molecule has 2 aromatic rings. The first-order chi connectivity index (χ1) is 9.65. The van der Waals surface area contributed by atoms with E-state index in [9.17, 15) is 4.79 Å². The molecule has 6 nitrogen and oxygen atoms in total. The second-order valence-electron chi connectivity index (χ2n) is 5.36. The smallest absolute Gasteiger partial charge is 0.338 e. The number of likely N-dealkylation sites (tertiary alicyclic amines) is 1. The Labute approximate surface area is 117 Å². The van der Waals surface area contributed by atoms with Crippen LogP contribution >= 0.6 is 0 Å². The minimum absolute atomic E-state index is 0.352. The van der Waals surface area contributed by atoms with Crippen molar-refractivity contribution in [3.8, 4) is 0 Å². The zero-order valence-electron chi connectivity index (χ0n) is 11.7. The molecule has 106 valence electrons. The molecule has 0 N–H and O–H groups in total. The van der Waals surface area contributed by atoms with Crippen LogP contribution in [0, 0.1) is 5.92 Å². The zero-order chi connectivity index (χ0) is 14.1. The van der Waals surface area contributed by atoms with Gasteiger partial charge in [0.25, 0.3) is 0 Å². The number of hydrogen-bond acceptors (Lipinski definition) is 5. The second-order valence-corrected chi connectivity index (χ2v) is 5.36. The van der Waals surface area contributed by atoms with Crippen LogP contribution in [0.2, 0.25) is 0 Å². The van der Waals surface area contributed by atoms with Crippen LogP contribution in [-0.2, 0) is 11.2 Å². The number of nitrogens with zero attached hydrogens (tertiary/aromatic N) is 4. The lowest BCUT2D eigenvalue weighted by atomic mass is 10.1. The normalized spacial score (nSPS) is 19.6. The number of methoxy groups -OCH3 is 1. The van der Waals surface area contributed by atoms with Crippen molar-refractivity contribution in [3.05, 3.63) is 29.7 Å². The average molecular weight is 274 g/mol. The summed E-state index contributed by atoms with van der Waals surface area (Å²) in [5, 5.41) is 4.46. The summed E-state index contributed by atoms with van der Waals surface area (Å²) < 4.78 is 6.42. The van der Waals surface area contributed by atoms with E-state index in [1.807, 2.05) is 0 Å². The van der Waals surface area contributed by atoms with E-state index in [0.717, 1.165) is 25.3 Å². The fourth-order valence-corrected chi connectivity index (χ4v) is 2.71. The van der Waals surface area contributed by atoms with E-state index in [1.165, 1.54) is 13.5 Å². The third-order valence-corrected chi connectivity index (χ3v) is 3.76. The third-order valence-electron chi connectivity index (χ3n) is 3.76. The van der Waals surface area contributed by atoms with Gasteiger partial charge in [-0.1, -0.05) is 0 Å². The number of fused-ring (bicyclic) bond motifs is 1. The van der Waals surface area contributed by atoms with Crippen molar-refractivity contribution in [1.82, 2.24) is 19.5 Å². The van der Waals surface area contributed by atoms with Gasteiger partial charge in [-0.3, -0.25) is 0 Å². The van der Waals surface area contributed by atoms with Crippen LogP contribution in [0.5, 0.6) is 0 Å². The highest BCUT2D eigenvalue weighted by molar-refractivity contribution is 5.90. The van der Waals surface area contributed by atoms with E-state index < -0.39 is 0 Å². The highest BCUT2D eigenvalue weighted by Crippen LogP contribution is 2.18. The van der Waals surface area contributed by atoms with Gasteiger partial charge in [-0.05, 0) is 38.1 Å². The summed E-state index contributed by atoms with van der Waals surface area (Å²) in [6.07, 6.45) is 3.83. The molecule has 1 aliphatic rings. The molecule has 0 bridgehead atoms. The molecule has 2 aromatic heterocycles. The van der Waals surface area contributed by atoms with E-state index in [1.54, 1.807) is 22.8 Å². The largest absolute Gasteiger partial charge is 0.465 e. The van der Waals surface area contributed by atoms with Gasteiger partial charge in [0.15, 0.2) is 11.5 Å². The van der Waals surface area contributed by atoms with Crippen molar-refractivity contribution in [2.24, 2.45) is 5.92 Å². The maximum absolute atomic E-state index is 11.5. The maximum Gasteiger partial charge on any atom is 0.338 e. The molecule has 1 saturated heterocycles. The average Bonchev–Trinajstić information content (AvgIpc) is 3.02. The molecule has 1 aliphatic heterocycles. The minimum atomic E-state index is -0.352. The van der Waals surface area contributed by atoms with Gasteiger partial charge in [0.1, 0.15) is 0 Å². The van der Waals surface area contributed by atoms with E-state index in [4.69, 9.17) is 4.74 Å². The standard InChI is InChI=1S/C14H18N4O2/c1-17-5-3-10(9-17)7-12-15-13-8-11(14(19)20-2)4-6-18(13)16-12/h4,6,8,10H,3,5,7,9H2,1-2H3. The van der Waals surface area contributed by atoms with Gasteiger partial charge in [0.05, 0.1) is 12.7 Å². The Morgan fingerprint density at radius 3 is 3.10 bits per heavy atom. The molecule has 3 rings (SSSR count). The molecule has 0 spiro atoms. The van der Waals surface area contributed by atoms with Gasteiger partial charge in [-0.25, -0.2) is 14.3 Å². The molecular weight excluding hydrogens is 256 g/mol. The highest BCUT2D eigenvalue weighted by atomic mass is 16.5. The Bertz CT molecular complexity index is 637. The first-order valence-electron chi connectivity index (χ1n) is 6.78. The lowest BCUT2D eigenvalue weighted by molar-refractivity contribution is 0.0600. The van der Waals surface area contributed by atoms with E-state index in [2.05, 4.69) is 22.0 Å². The van der Waals surface area contributed by atoms with Crippen molar-refractivity contribution < 1.29 is 9.53 Å². The third kappa shape index (κ3) is 2.51. The fraction of sp³-hybridized carbons (Fsp3) is 0.500. The van der Waals surface area contributed by atoms with Gasteiger partial charge in [0, 0.05) is 19.2 Å². The molecule has 0 aromatic carbocycles. The summed E-state index contributed by atoms with van der Waals surface area (Å²) in [6, 6.07) is 3.41. The van der Waals surface area contributed by atoms with Gasteiger partial charge >= 0.3 is 5.97 Å². The lowest BCUT2D eigenvalue weighted by Crippen LogP contribution is -2.15. The molecular formula is C14H18N4O2. The van der Waals surface area contributed by atoms with Gasteiger partial charge in [-0.15, -0.1) is 0 Å². The van der Waals surface area contributed by atoms with E-state index >= 15 is 0 Å². The van der Waals surface area contributed by atoms with Crippen LogP contribution in [0.15, 0.2) is 18.3 Å². The van der Waals surface area contributed by atoms with E-state index in [-0.39, 0.29) is 5.97 Å². The molecule has 1 atom stereocenters. The first-order valence-corrected chi connectivity index (χ1v) is 6.78. The van der Waals surface area contributed by atoms with Gasteiger partial charge in [0.2, 0.25) is 0 Å². The van der Waals surface area contributed by atoms with Crippen LogP contribution in [0.1, 0.15) is 22.6 Å². The molecule has 1 unspecified atom stereocenters. The van der Waals surface area contributed by atoms with Crippen molar-refractivity contribution in [2.75, 3.05) is 27.2 Å². The summed E-state index contributed by atoms with van der Waals surface area (Å²) >= 11 is 0. The maximum atomic E-state index is 11.5. The predicted molar refractivity (Wildman–Crippen MR) is 73.6 cm³/mol. The van der Waals surface area contributed by atoms with Crippen LogP contribution in [0.25, 0.3) is 5.65 Å². The summed E-state index contributed by atoms with van der Waals surface area (Å²) in [5.41, 5.74) is 1.19. The van der Waals surface area contributed by atoms with Crippen LogP contribution in [0.4, 0.5) is 0 Å². The fourth-order valence-electron chi connectivity index (χ4n) is 2.71. The topological polar surface area (TPSA) is 59.7 Å². The first kappa shape index (κ1) is 13.1. The highest BCUT2D eigenvalue weighted by Gasteiger charge is 2.21. The number of carbonyl (C=O) groups is 1. The summed E-state index contributed by atoms with van der Waals surface area (Å²) in [5.74, 6) is 1.11. The van der Waals surface area contributed by atoms with E-state index in [0.29, 0.717) is 17.1 Å². The van der Waals surface area contributed by atoms with Crippen molar-refractivity contribution in [3.63, 3.8) is 0 Å². The number of rotatable bonds is 3.